The third-order valence-corrected chi connectivity index (χ3v) is 2.32. The minimum absolute atomic E-state index is 0.209. The fraction of sp³-hybridized carbons (Fsp3) is 0.556. The van der Waals surface area contributed by atoms with Gasteiger partial charge in [0.1, 0.15) is 5.82 Å². The largest absolute Gasteiger partial charge is 0.461 e. The molecule has 1 aromatic rings. The Morgan fingerprint density at radius 2 is 2.53 bits per heavy atom. The Hall–Kier alpha value is -1.72. The summed E-state index contributed by atoms with van der Waals surface area (Å²) in [6.07, 6.45) is 0.982. The number of anilines is 2. The molecule has 0 aliphatic carbocycles. The van der Waals surface area contributed by atoms with Gasteiger partial charge in [0, 0.05) is 13.1 Å². The van der Waals surface area contributed by atoms with Gasteiger partial charge in [0.05, 0.1) is 6.61 Å². The maximum Gasteiger partial charge on any atom is 0.360 e. The molecule has 0 amide bonds. The zero-order valence-corrected chi connectivity index (χ0v) is 8.62. The van der Waals surface area contributed by atoms with Gasteiger partial charge < -0.3 is 15.8 Å². The first kappa shape index (κ1) is 9.82. The number of fused-ring (bicyclic) bond motifs is 1. The molecule has 15 heavy (non-hydrogen) atoms. The van der Waals surface area contributed by atoms with Gasteiger partial charge in [-0.05, 0) is 13.3 Å². The minimum Gasteiger partial charge on any atom is -0.461 e. The molecule has 0 aromatic carbocycles. The molecule has 82 valence electrons. The molecular formula is C9H14N4O2. The lowest BCUT2D eigenvalue weighted by Gasteiger charge is -2.15. The van der Waals surface area contributed by atoms with Crippen LogP contribution in [0.3, 0.4) is 0 Å². The predicted molar refractivity (Wildman–Crippen MR) is 55.7 cm³/mol. The minimum atomic E-state index is -0.460. The van der Waals surface area contributed by atoms with Crippen molar-refractivity contribution in [3.63, 3.8) is 0 Å². The van der Waals surface area contributed by atoms with Crippen molar-refractivity contribution in [2.24, 2.45) is 0 Å². The fourth-order valence-corrected chi connectivity index (χ4v) is 1.61. The van der Waals surface area contributed by atoms with E-state index in [9.17, 15) is 4.79 Å². The van der Waals surface area contributed by atoms with E-state index in [4.69, 9.17) is 10.5 Å². The molecule has 0 radical (unpaired) electrons. The van der Waals surface area contributed by atoms with Crippen LogP contribution in [0.5, 0.6) is 0 Å². The third-order valence-electron chi connectivity index (χ3n) is 2.32. The second-order valence-electron chi connectivity index (χ2n) is 3.32. The van der Waals surface area contributed by atoms with E-state index in [-0.39, 0.29) is 5.69 Å². The molecule has 0 unspecified atom stereocenters. The number of imidazole rings is 1. The summed E-state index contributed by atoms with van der Waals surface area (Å²) in [5.41, 5.74) is 6.02. The van der Waals surface area contributed by atoms with Gasteiger partial charge in [0.25, 0.3) is 0 Å². The number of hydrogen-bond acceptors (Lipinski definition) is 5. The van der Waals surface area contributed by atoms with E-state index in [0.29, 0.717) is 18.4 Å². The van der Waals surface area contributed by atoms with Crippen LogP contribution in [0.15, 0.2) is 0 Å². The molecule has 6 heteroatoms. The number of ether oxygens (including phenoxy) is 1. The van der Waals surface area contributed by atoms with Gasteiger partial charge in [0.2, 0.25) is 5.95 Å². The second kappa shape index (κ2) is 3.80. The molecule has 6 nitrogen and oxygen atoms in total. The van der Waals surface area contributed by atoms with Crippen LogP contribution in [0.1, 0.15) is 23.8 Å². The summed E-state index contributed by atoms with van der Waals surface area (Å²) in [4.78, 5) is 15.6. The van der Waals surface area contributed by atoms with Crippen molar-refractivity contribution < 1.29 is 9.53 Å². The lowest BCUT2D eigenvalue weighted by atomic mass is 10.3. The number of nitrogens with one attached hydrogen (secondary N) is 1. The van der Waals surface area contributed by atoms with E-state index >= 15 is 0 Å². The summed E-state index contributed by atoms with van der Waals surface area (Å²) in [6.45, 7) is 3.73. The van der Waals surface area contributed by atoms with Gasteiger partial charge in [-0.2, -0.15) is 0 Å². The highest BCUT2D eigenvalue weighted by Gasteiger charge is 2.22. The summed E-state index contributed by atoms with van der Waals surface area (Å²) in [7, 11) is 0. The molecule has 0 fully saturated rings. The Morgan fingerprint density at radius 3 is 3.20 bits per heavy atom. The number of carbonyl (C=O) groups excluding carboxylic acids is 1. The number of aromatic nitrogens is 2. The lowest BCUT2D eigenvalue weighted by Crippen LogP contribution is -2.18. The Kier molecular flexibility index (Phi) is 2.49. The molecule has 1 aromatic heterocycles. The molecule has 0 saturated carbocycles. The molecule has 2 heterocycles. The van der Waals surface area contributed by atoms with Gasteiger partial charge in [-0.15, -0.1) is 0 Å². The maximum atomic E-state index is 11.5. The van der Waals surface area contributed by atoms with E-state index in [2.05, 4.69) is 10.3 Å². The van der Waals surface area contributed by atoms with Crippen molar-refractivity contribution in [3.05, 3.63) is 5.69 Å². The van der Waals surface area contributed by atoms with E-state index in [1.807, 2.05) is 0 Å². The average molecular weight is 210 g/mol. The van der Waals surface area contributed by atoms with Crippen LogP contribution in [0.25, 0.3) is 0 Å². The van der Waals surface area contributed by atoms with Crippen molar-refractivity contribution in [1.29, 1.82) is 0 Å². The van der Waals surface area contributed by atoms with Crippen molar-refractivity contribution in [2.45, 2.75) is 19.9 Å². The number of carbonyl (C=O) groups is 1. The second-order valence-corrected chi connectivity index (χ2v) is 3.32. The highest BCUT2D eigenvalue weighted by molar-refractivity contribution is 5.93. The maximum absolute atomic E-state index is 11.5. The van der Waals surface area contributed by atoms with E-state index in [0.717, 1.165) is 19.5 Å². The summed E-state index contributed by atoms with van der Waals surface area (Å²) in [5.74, 6) is 0.580. The number of hydrogen-bond donors (Lipinski definition) is 2. The van der Waals surface area contributed by atoms with Crippen LogP contribution in [-0.2, 0) is 11.3 Å². The number of nitrogens with two attached hydrogens (primary N) is 1. The summed E-state index contributed by atoms with van der Waals surface area (Å²) >= 11 is 0. The van der Waals surface area contributed by atoms with Gasteiger partial charge in [-0.1, -0.05) is 0 Å². The molecule has 0 bridgehead atoms. The van der Waals surface area contributed by atoms with E-state index in [1.165, 1.54) is 0 Å². The molecule has 1 aliphatic heterocycles. The third kappa shape index (κ3) is 1.62. The first-order valence-electron chi connectivity index (χ1n) is 5.01. The predicted octanol–water partition coefficient (Wildman–Crippen LogP) is 0.458. The number of nitrogens with zero attached hydrogens (tertiary/aromatic N) is 2. The fourth-order valence-electron chi connectivity index (χ4n) is 1.61. The van der Waals surface area contributed by atoms with Crippen LogP contribution in [0, 0.1) is 0 Å². The lowest BCUT2D eigenvalue weighted by molar-refractivity contribution is 0.0521. The van der Waals surface area contributed by atoms with Crippen LogP contribution >= 0.6 is 0 Å². The van der Waals surface area contributed by atoms with Crippen molar-refractivity contribution in [1.82, 2.24) is 9.55 Å². The zero-order chi connectivity index (χ0) is 10.8. The molecule has 3 N–H and O–H groups in total. The van der Waals surface area contributed by atoms with Crippen molar-refractivity contribution >= 4 is 17.7 Å². The van der Waals surface area contributed by atoms with Gasteiger partial charge in [0.15, 0.2) is 5.69 Å². The molecule has 0 saturated heterocycles. The smallest absolute Gasteiger partial charge is 0.360 e. The van der Waals surface area contributed by atoms with E-state index in [1.54, 1.807) is 11.5 Å². The number of esters is 1. The first-order chi connectivity index (χ1) is 7.24. The molecule has 1 aliphatic rings. The molecular weight excluding hydrogens is 196 g/mol. The summed E-state index contributed by atoms with van der Waals surface area (Å²) in [6, 6.07) is 0. The Bertz CT molecular complexity index is 386. The molecule has 2 rings (SSSR count). The first-order valence-corrected chi connectivity index (χ1v) is 5.01. The van der Waals surface area contributed by atoms with Crippen molar-refractivity contribution in [2.75, 3.05) is 24.2 Å². The highest BCUT2D eigenvalue weighted by Crippen LogP contribution is 2.22. The quantitative estimate of drug-likeness (QED) is 0.693. The number of nitrogen functional groups attached to an aromatic ring is 1. The Morgan fingerprint density at radius 1 is 1.73 bits per heavy atom. The zero-order valence-electron chi connectivity index (χ0n) is 8.62. The summed E-state index contributed by atoms with van der Waals surface area (Å²) < 4.78 is 6.67. The highest BCUT2D eigenvalue weighted by atomic mass is 16.5. The standard InChI is InChI=1S/C9H14N4O2/c1-2-15-8(14)6-7(10)13-5-3-4-11-9(13)12-6/h2-5,10H2,1H3,(H,11,12). The van der Waals surface area contributed by atoms with Gasteiger partial charge >= 0.3 is 5.97 Å². The van der Waals surface area contributed by atoms with Crippen LogP contribution in [-0.4, -0.2) is 28.7 Å². The summed E-state index contributed by atoms with van der Waals surface area (Å²) in [5, 5.41) is 3.08. The molecule has 0 spiro atoms. The van der Waals surface area contributed by atoms with Crippen LogP contribution < -0.4 is 11.1 Å². The average Bonchev–Trinajstić information content (AvgIpc) is 2.57. The molecule has 0 atom stereocenters. The SMILES string of the molecule is CCOC(=O)c1nc2n(c1N)CCCN2. The van der Waals surface area contributed by atoms with E-state index < -0.39 is 5.97 Å². The monoisotopic (exact) mass is 210 g/mol. The normalized spacial score (nSPS) is 14.2. The number of rotatable bonds is 2. The van der Waals surface area contributed by atoms with Gasteiger partial charge in [-0.25, -0.2) is 9.78 Å². The Balaban J connectivity index is 2.32. The van der Waals surface area contributed by atoms with Crippen molar-refractivity contribution in [3.8, 4) is 0 Å². The van der Waals surface area contributed by atoms with Crippen LogP contribution in [0.2, 0.25) is 0 Å². The Labute approximate surface area is 87.4 Å². The van der Waals surface area contributed by atoms with Gasteiger partial charge in [-0.3, -0.25) is 4.57 Å². The topological polar surface area (TPSA) is 82.2 Å². The van der Waals surface area contributed by atoms with Crippen LogP contribution in [0.4, 0.5) is 11.8 Å².